The van der Waals surface area contributed by atoms with Crippen LogP contribution >= 0.6 is 0 Å². The lowest BCUT2D eigenvalue weighted by molar-refractivity contribution is -0.184. The average Bonchev–Trinajstić information content (AvgIpc) is 2.19. The Morgan fingerprint density at radius 1 is 1.57 bits per heavy atom. The summed E-state index contributed by atoms with van der Waals surface area (Å²) in [4.78, 5) is 0. The van der Waals surface area contributed by atoms with Crippen LogP contribution in [-0.4, -0.2) is 26.1 Å². The number of hydrogen-bond acceptors (Lipinski definition) is 3. The van der Waals surface area contributed by atoms with Crippen LogP contribution in [-0.2, 0) is 14.2 Å². The molecule has 2 atom stereocenters. The molecule has 1 saturated heterocycles. The van der Waals surface area contributed by atoms with Gasteiger partial charge in [-0.15, -0.1) is 0 Å². The Hall–Kier alpha value is -0.540. The maximum Gasteiger partial charge on any atom is 0.157 e. The summed E-state index contributed by atoms with van der Waals surface area (Å²) < 4.78 is 16.2. The summed E-state index contributed by atoms with van der Waals surface area (Å²) in [6.45, 7) is 6.60. The maximum atomic E-state index is 5.70. The second-order valence-electron chi connectivity index (χ2n) is 3.69. The number of methoxy groups -OCH3 is 1. The molecule has 0 radical (unpaired) electrons. The SMILES string of the molecule is C=C(CC(C)OC1CCCCO1)OC. The highest BCUT2D eigenvalue weighted by atomic mass is 16.7. The van der Waals surface area contributed by atoms with Gasteiger partial charge in [0.15, 0.2) is 6.29 Å². The van der Waals surface area contributed by atoms with Gasteiger partial charge in [-0.1, -0.05) is 6.58 Å². The van der Waals surface area contributed by atoms with Gasteiger partial charge in [0.05, 0.1) is 19.0 Å². The first kappa shape index (κ1) is 11.5. The second kappa shape index (κ2) is 6.04. The molecule has 0 spiro atoms. The Labute approximate surface area is 86.0 Å². The molecule has 0 saturated carbocycles. The first-order valence-electron chi connectivity index (χ1n) is 5.21. The van der Waals surface area contributed by atoms with Crippen molar-refractivity contribution in [3.05, 3.63) is 12.3 Å². The molecule has 0 aliphatic carbocycles. The van der Waals surface area contributed by atoms with Crippen molar-refractivity contribution in [2.45, 2.75) is 45.0 Å². The minimum atomic E-state index is -0.0246. The van der Waals surface area contributed by atoms with Gasteiger partial charge in [0.25, 0.3) is 0 Å². The van der Waals surface area contributed by atoms with Crippen LogP contribution in [0.1, 0.15) is 32.6 Å². The van der Waals surface area contributed by atoms with Gasteiger partial charge < -0.3 is 14.2 Å². The van der Waals surface area contributed by atoms with Gasteiger partial charge >= 0.3 is 0 Å². The third-order valence-corrected chi connectivity index (χ3v) is 2.33. The third kappa shape index (κ3) is 4.11. The van der Waals surface area contributed by atoms with Crippen LogP contribution in [0.5, 0.6) is 0 Å². The fraction of sp³-hybridized carbons (Fsp3) is 0.818. The zero-order valence-electron chi connectivity index (χ0n) is 9.12. The first-order chi connectivity index (χ1) is 6.72. The number of rotatable bonds is 5. The largest absolute Gasteiger partial charge is 0.502 e. The molecule has 3 nitrogen and oxygen atoms in total. The molecule has 14 heavy (non-hydrogen) atoms. The lowest BCUT2D eigenvalue weighted by atomic mass is 10.2. The Morgan fingerprint density at radius 3 is 2.93 bits per heavy atom. The standard InChI is InChI=1S/C11H20O3/c1-9(12-3)8-10(2)14-11-6-4-5-7-13-11/h10-11H,1,4-8H2,2-3H3. The molecule has 82 valence electrons. The highest BCUT2D eigenvalue weighted by Crippen LogP contribution is 2.17. The summed E-state index contributed by atoms with van der Waals surface area (Å²) in [6, 6.07) is 0. The van der Waals surface area contributed by atoms with Crippen LogP contribution in [0.25, 0.3) is 0 Å². The number of ether oxygens (including phenoxy) is 3. The quantitative estimate of drug-likeness (QED) is 0.638. The Morgan fingerprint density at radius 2 is 2.36 bits per heavy atom. The molecule has 0 aromatic heterocycles. The van der Waals surface area contributed by atoms with Gasteiger partial charge in [-0.05, 0) is 26.2 Å². The van der Waals surface area contributed by atoms with Crippen LogP contribution in [0, 0.1) is 0 Å². The molecule has 2 unspecified atom stereocenters. The van der Waals surface area contributed by atoms with Crippen molar-refractivity contribution >= 4 is 0 Å². The molecule has 0 bridgehead atoms. The molecule has 1 aliphatic rings. The van der Waals surface area contributed by atoms with Crippen molar-refractivity contribution in [1.29, 1.82) is 0 Å². The summed E-state index contributed by atoms with van der Waals surface area (Å²) in [5, 5.41) is 0. The molecule has 0 aromatic carbocycles. The molecule has 1 fully saturated rings. The van der Waals surface area contributed by atoms with E-state index in [4.69, 9.17) is 14.2 Å². The normalized spacial score (nSPS) is 24.3. The van der Waals surface area contributed by atoms with Gasteiger partial charge in [-0.3, -0.25) is 0 Å². The molecule has 0 N–H and O–H groups in total. The molecule has 0 amide bonds. The topological polar surface area (TPSA) is 27.7 Å². The predicted octanol–water partition coefficient (Wildman–Crippen LogP) is 2.47. The first-order valence-corrected chi connectivity index (χ1v) is 5.21. The molecular formula is C11H20O3. The van der Waals surface area contributed by atoms with Crippen LogP contribution < -0.4 is 0 Å². The minimum Gasteiger partial charge on any atom is -0.502 e. The number of hydrogen-bond donors (Lipinski definition) is 0. The van der Waals surface area contributed by atoms with Crippen molar-refractivity contribution in [2.75, 3.05) is 13.7 Å². The highest BCUT2D eigenvalue weighted by molar-refractivity contribution is 4.84. The van der Waals surface area contributed by atoms with E-state index < -0.39 is 0 Å². The fourth-order valence-electron chi connectivity index (χ4n) is 1.53. The summed E-state index contributed by atoms with van der Waals surface area (Å²) in [7, 11) is 1.63. The smallest absolute Gasteiger partial charge is 0.157 e. The summed E-state index contributed by atoms with van der Waals surface area (Å²) in [5.74, 6) is 0.758. The molecule has 1 rings (SSSR count). The van der Waals surface area contributed by atoms with Gasteiger partial charge in [0, 0.05) is 13.0 Å². The van der Waals surface area contributed by atoms with E-state index in [1.54, 1.807) is 7.11 Å². The average molecular weight is 200 g/mol. The molecule has 3 heteroatoms. The maximum absolute atomic E-state index is 5.70. The highest BCUT2D eigenvalue weighted by Gasteiger charge is 2.17. The van der Waals surface area contributed by atoms with E-state index in [-0.39, 0.29) is 12.4 Å². The third-order valence-electron chi connectivity index (χ3n) is 2.33. The van der Waals surface area contributed by atoms with Gasteiger partial charge in [0.1, 0.15) is 0 Å². The zero-order valence-corrected chi connectivity index (χ0v) is 9.12. The van der Waals surface area contributed by atoms with Gasteiger partial charge in [-0.2, -0.15) is 0 Å². The van der Waals surface area contributed by atoms with Crippen LogP contribution in [0.3, 0.4) is 0 Å². The molecule has 1 heterocycles. The van der Waals surface area contributed by atoms with E-state index in [2.05, 4.69) is 6.58 Å². The lowest BCUT2D eigenvalue weighted by Crippen LogP contribution is -2.26. The second-order valence-corrected chi connectivity index (χ2v) is 3.69. The Bertz CT molecular complexity index is 173. The van der Waals surface area contributed by atoms with E-state index in [9.17, 15) is 0 Å². The van der Waals surface area contributed by atoms with E-state index in [0.29, 0.717) is 0 Å². The van der Waals surface area contributed by atoms with Crippen molar-refractivity contribution in [2.24, 2.45) is 0 Å². The molecule has 0 aromatic rings. The van der Waals surface area contributed by atoms with E-state index in [1.807, 2.05) is 6.92 Å². The van der Waals surface area contributed by atoms with E-state index in [0.717, 1.165) is 31.6 Å². The summed E-state index contributed by atoms with van der Waals surface area (Å²) in [5.41, 5.74) is 0. The molecular weight excluding hydrogens is 180 g/mol. The van der Waals surface area contributed by atoms with Crippen molar-refractivity contribution in [3.63, 3.8) is 0 Å². The van der Waals surface area contributed by atoms with Gasteiger partial charge in [0.2, 0.25) is 0 Å². The summed E-state index contributed by atoms with van der Waals surface area (Å²) >= 11 is 0. The van der Waals surface area contributed by atoms with Crippen LogP contribution in [0.2, 0.25) is 0 Å². The van der Waals surface area contributed by atoms with Crippen LogP contribution in [0.4, 0.5) is 0 Å². The molecule has 1 aliphatic heterocycles. The van der Waals surface area contributed by atoms with Crippen molar-refractivity contribution < 1.29 is 14.2 Å². The van der Waals surface area contributed by atoms with Gasteiger partial charge in [-0.25, -0.2) is 0 Å². The zero-order chi connectivity index (χ0) is 10.4. The lowest BCUT2D eigenvalue weighted by Gasteiger charge is -2.26. The Balaban J connectivity index is 2.18. The fourth-order valence-corrected chi connectivity index (χ4v) is 1.53. The van der Waals surface area contributed by atoms with E-state index >= 15 is 0 Å². The van der Waals surface area contributed by atoms with Crippen molar-refractivity contribution in [1.82, 2.24) is 0 Å². The summed E-state index contributed by atoms with van der Waals surface area (Å²) in [6.07, 6.45) is 4.18. The van der Waals surface area contributed by atoms with Crippen molar-refractivity contribution in [3.8, 4) is 0 Å². The monoisotopic (exact) mass is 200 g/mol. The Kier molecular flexibility index (Phi) is 4.98. The van der Waals surface area contributed by atoms with E-state index in [1.165, 1.54) is 6.42 Å². The predicted molar refractivity (Wildman–Crippen MR) is 54.9 cm³/mol. The minimum absolute atomic E-state index is 0.0246. The van der Waals surface area contributed by atoms with Crippen LogP contribution in [0.15, 0.2) is 12.3 Å².